The monoisotopic (exact) mass is 537 g/mol. The molecule has 1 atom stereocenters. The molecule has 1 aliphatic rings. The molecule has 156 valence electrons. The fraction of sp³-hybridized carbons (Fsp3) is 0.238. The quantitative estimate of drug-likeness (QED) is 0.481. The van der Waals surface area contributed by atoms with Crippen LogP contribution in [-0.4, -0.2) is 34.6 Å². The van der Waals surface area contributed by atoms with E-state index >= 15 is 0 Å². The minimum Gasteiger partial charge on any atom is -0.465 e. The second-order valence-electron chi connectivity index (χ2n) is 7.31. The Hall–Kier alpha value is -2.40. The van der Waals surface area contributed by atoms with Crippen LogP contribution < -0.4 is 5.32 Å². The highest BCUT2D eigenvalue weighted by molar-refractivity contribution is 14.1. The topological polar surface area (TPSA) is 101 Å². The van der Waals surface area contributed by atoms with Gasteiger partial charge in [0.15, 0.2) is 5.65 Å². The van der Waals surface area contributed by atoms with E-state index in [0.717, 1.165) is 38.5 Å². The summed E-state index contributed by atoms with van der Waals surface area (Å²) < 4.78 is 28.5. The van der Waals surface area contributed by atoms with Gasteiger partial charge in [-0.3, -0.25) is 0 Å². The molecule has 0 radical (unpaired) electrons. The summed E-state index contributed by atoms with van der Waals surface area (Å²) in [5, 5.41) is 12.4. The zero-order chi connectivity index (χ0) is 21.5. The molecule has 4 rings (SSSR count). The minimum atomic E-state index is -3.80. The highest BCUT2D eigenvalue weighted by Gasteiger charge is 2.25. The molecule has 2 aromatic heterocycles. The lowest BCUT2D eigenvalue weighted by atomic mass is 9.89. The smallest absolute Gasteiger partial charge is 0.404 e. The van der Waals surface area contributed by atoms with Gasteiger partial charge in [0, 0.05) is 27.4 Å². The van der Waals surface area contributed by atoms with E-state index in [0.29, 0.717) is 12.1 Å². The SMILES string of the molecule is Cc1ccc(S(=O)(=O)n2cc(I)c3c(C4=CCCC(NC(=O)O)C4)ccnc32)cc1. The molecule has 0 fully saturated rings. The molecular weight excluding hydrogens is 517 g/mol. The van der Waals surface area contributed by atoms with Crippen molar-refractivity contribution in [2.75, 3.05) is 0 Å². The van der Waals surface area contributed by atoms with Crippen LogP contribution in [0.2, 0.25) is 0 Å². The van der Waals surface area contributed by atoms with Crippen LogP contribution in [0.3, 0.4) is 0 Å². The number of fused-ring (bicyclic) bond motifs is 1. The van der Waals surface area contributed by atoms with Gasteiger partial charge >= 0.3 is 6.09 Å². The molecule has 0 bridgehead atoms. The summed E-state index contributed by atoms with van der Waals surface area (Å²) in [5.41, 5.74) is 3.23. The normalized spacial score (nSPS) is 17.0. The van der Waals surface area contributed by atoms with Crippen LogP contribution in [0.15, 0.2) is 53.7 Å². The number of carboxylic acid groups (broad SMARTS) is 1. The summed E-state index contributed by atoms with van der Waals surface area (Å²) in [6.07, 6.45) is 6.30. The van der Waals surface area contributed by atoms with E-state index in [1.54, 1.807) is 36.7 Å². The van der Waals surface area contributed by atoms with Gasteiger partial charge in [0.25, 0.3) is 10.0 Å². The molecular formula is C21H20IN3O4S. The lowest BCUT2D eigenvalue weighted by molar-refractivity contribution is 0.189. The van der Waals surface area contributed by atoms with Gasteiger partial charge < -0.3 is 10.4 Å². The first-order chi connectivity index (χ1) is 14.3. The average molecular weight is 537 g/mol. The van der Waals surface area contributed by atoms with E-state index in [-0.39, 0.29) is 10.9 Å². The highest BCUT2D eigenvalue weighted by atomic mass is 127. The molecule has 2 heterocycles. The number of nitrogens with zero attached hydrogens (tertiary/aromatic N) is 2. The second kappa shape index (κ2) is 8.03. The zero-order valence-corrected chi connectivity index (χ0v) is 19.1. The van der Waals surface area contributed by atoms with Crippen molar-refractivity contribution in [3.63, 3.8) is 0 Å². The minimum absolute atomic E-state index is 0.165. The number of rotatable bonds is 4. The molecule has 9 heteroatoms. The van der Waals surface area contributed by atoms with Crippen molar-refractivity contribution in [2.24, 2.45) is 0 Å². The van der Waals surface area contributed by atoms with Crippen LogP contribution in [-0.2, 0) is 10.0 Å². The van der Waals surface area contributed by atoms with Gasteiger partial charge in [-0.25, -0.2) is 22.2 Å². The van der Waals surface area contributed by atoms with Gasteiger partial charge in [0.1, 0.15) is 0 Å². The molecule has 3 aromatic rings. The molecule has 1 aromatic carbocycles. The maximum Gasteiger partial charge on any atom is 0.404 e. The van der Waals surface area contributed by atoms with Crippen molar-refractivity contribution in [3.8, 4) is 0 Å². The van der Waals surface area contributed by atoms with E-state index in [1.165, 1.54) is 3.97 Å². The fourth-order valence-electron chi connectivity index (χ4n) is 3.78. The maximum atomic E-state index is 13.3. The Labute approximate surface area is 188 Å². The second-order valence-corrected chi connectivity index (χ2v) is 10.3. The summed E-state index contributed by atoms with van der Waals surface area (Å²) in [5.74, 6) is 0. The van der Waals surface area contributed by atoms with Crippen molar-refractivity contribution < 1.29 is 18.3 Å². The third-order valence-electron chi connectivity index (χ3n) is 5.23. The van der Waals surface area contributed by atoms with E-state index in [2.05, 4.69) is 39.0 Å². The highest BCUT2D eigenvalue weighted by Crippen LogP contribution is 2.35. The predicted molar refractivity (Wildman–Crippen MR) is 123 cm³/mol. The zero-order valence-electron chi connectivity index (χ0n) is 16.2. The fourth-order valence-corrected chi connectivity index (χ4v) is 6.10. The van der Waals surface area contributed by atoms with E-state index in [9.17, 15) is 13.2 Å². The third-order valence-corrected chi connectivity index (χ3v) is 7.71. The first kappa shape index (κ1) is 20.9. The molecule has 7 nitrogen and oxygen atoms in total. The molecule has 1 aliphatic carbocycles. The lowest BCUT2D eigenvalue weighted by Crippen LogP contribution is -2.34. The van der Waals surface area contributed by atoms with Gasteiger partial charge in [-0.05, 0) is 78.1 Å². The summed E-state index contributed by atoms with van der Waals surface area (Å²) in [4.78, 5) is 15.6. The Kier molecular flexibility index (Phi) is 5.58. The number of benzene rings is 1. The van der Waals surface area contributed by atoms with Gasteiger partial charge in [-0.2, -0.15) is 0 Å². The Morgan fingerprint density at radius 1 is 1.27 bits per heavy atom. The molecule has 0 saturated carbocycles. The van der Waals surface area contributed by atoms with Crippen LogP contribution >= 0.6 is 22.6 Å². The number of allylic oxidation sites excluding steroid dienone is 1. The van der Waals surface area contributed by atoms with Crippen molar-refractivity contribution >= 4 is 55.3 Å². The van der Waals surface area contributed by atoms with Crippen LogP contribution in [0.4, 0.5) is 4.79 Å². The first-order valence-corrected chi connectivity index (χ1v) is 12.0. The van der Waals surface area contributed by atoms with Crippen LogP contribution in [0.25, 0.3) is 16.6 Å². The van der Waals surface area contributed by atoms with E-state index < -0.39 is 16.1 Å². The summed E-state index contributed by atoms with van der Waals surface area (Å²) in [7, 11) is -3.80. The van der Waals surface area contributed by atoms with E-state index in [4.69, 9.17) is 5.11 Å². The number of carbonyl (C=O) groups is 1. The molecule has 1 unspecified atom stereocenters. The number of nitrogens with one attached hydrogen (secondary N) is 1. The van der Waals surface area contributed by atoms with Crippen LogP contribution in [0.5, 0.6) is 0 Å². The number of hydrogen-bond acceptors (Lipinski definition) is 4. The van der Waals surface area contributed by atoms with Crippen LogP contribution in [0.1, 0.15) is 30.4 Å². The molecule has 0 spiro atoms. The molecule has 30 heavy (non-hydrogen) atoms. The van der Waals surface area contributed by atoms with Crippen molar-refractivity contribution in [1.82, 2.24) is 14.3 Å². The van der Waals surface area contributed by atoms with Gasteiger partial charge in [0.2, 0.25) is 0 Å². The number of halogens is 1. The van der Waals surface area contributed by atoms with Crippen molar-refractivity contribution in [1.29, 1.82) is 0 Å². The van der Waals surface area contributed by atoms with Gasteiger partial charge in [-0.1, -0.05) is 23.8 Å². The number of amides is 1. The largest absolute Gasteiger partial charge is 0.465 e. The molecule has 0 aliphatic heterocycles. The Balaban J connectivity index is 1.81. The predicted octanol–water partition coefficient (Wildman–Crippen LogP) is 4.39. The molecule has 2 N–H and O–H groups in total. The Morgan fingerprint density at radius 3 is 2.70 bits per heavy atom. The number of hydrogen-bond donors (Lipinski definition) is 2. The molecule has 0 saturated heterocycles. The Morgan fingerprint density at radius 2 is 2.00 bits per heavy atom. The summed E-state index contributed by atoms with van der Waals surface area (Å²) in [6.45, 7) is 1.91. The number of pyridine rings is 1. The van der Waals surface area contributed by atoms with Gasteiger partial charge in [-0.15, -0.1) is 0 Å². The number of aryl methyl sites for hydroxylation is 1. The average Bonchev–Trinajstić information content (AvgIpc) is 3.06. The summed E-state index contributed by atoms with van der Waals surface area (Å²) in [6, 6.07) is 8.43. The lowest BCUT2D eigenvalue weighted by Gasteiger charge is -2.23. The van der Waals surface area contributed by atoms with Crippen molar-refractivity contribution in [2.45, 2.75) is 37.1 Å². The standard InChI is InChI=1S/C21H20IN3O4S/c1-13-5-7-16(8-6-13)30(28,29)25-12-18(22)19-17(9-10-23-20(19)25)14-3-2-4-15(11-14)24-21(26)27/h3,5-10,12,15,24H,2,4,11H2,1H3,(H,26,27). The van der Waals surface area contributed by atoms with E-state index in [1.807, 2.05) is 13.0 Å². The third kappa shape index (κ3) is 3.83. The molecule has 1 amide bonds. The van der Waals surface area contributed by atoms with Crippen molar-refractivity contribution in [3.05, 3.63) is 63.5 Å². The summed E-state index contributed by atoms with van der Waals surface area (Å²) >= 11 is 2.13. The Bertz CT molecular complexity index is 1260. The van der Waals surface area contributed by atoms with Crippen LogP contribution in [0, 0.1) is 10.5 Å². The maximum absolute atomic E-state index is 13.3. The van der Waals surface area contributed by atoms with Gasteiger partial charge in [0.05, 0.1) is 4.90 Å². The number of aromatic nitrogens is 2. The first-order valence-electron chi connectivity index (χ1n) is 9.44.